The van der Waals surface area contributed by atoms with Crippen molar-refractivity contribution in [1.82, 2.24) is 15.0 Å². The molecule has 0 aliphatic carbocycles. The second-order valence-corrected chi connectivity index (χ2v) is 3.71. The van der Waals surface area contributed by atoms with Gasteiger partial charge in [-0.05, 0) is 18.6 Å². The van der Waals surface area contributed by atoms with Crippen molar-refractivity contribution in [1.29, 1.82) is 0 Å². The zero-order valence-corrected chi connectivity index (χ0v) is 9.45. The monoisotopic (exact) mass is 231 g/mol. The summed E-state index contributed by atoms with van der Waals surface area (Å²) in [6, 6.07) is 9.39. The molecule has 0 aliphatic heterocycles. The molecule has 0 saturated heterocycles. The summed E-state index contributed by atoms with van der Waals surface area (Å²) in [5.41, 5.74) is 1.42. The van der Waals surface area contributed by atoms with Crippen LogP contribution < -0.4 is 0 Å². The van der Waals surface area contributed by atoms with E-state index in [0.717, 1.165) is 5.69 Å². The molecule has 1 aromatic heterocycles. The van der Waals surface area contributed by atoms with E-state index >= 15 is 0 Å². The lowest BCUT2D eigenvalue weighted by Gasteiger charge is -2.11. The van der Waals surface area contributed by atoms with E-state index in [-0.39, 0.29) is 0 Å². The first-order chi connectivity index (χ1) is 8.24. The molecule has 0 amide bonds. The first kappa shape index (κ1) is 11.3. The number of hydrogen-bond donors (Lipinski definition) is 1. The van der Waals surface area contributed by atoms with Crippen LogP contribution in [0.25, 0.3) is 5.69 Å². The van der Waals surface area contributed by atoms with Crippen molar-refractivity contribution >= 4 is 5.97 Å². The van der Waals surface area contributed by atoms with Crippen LogP contribution in [0.1, 0.15) is 25.0 Å². The number of carboxylic acid groups (broad SMARTS) is 1. The molecule has 0 spiro atoms. The minimum Gasteiger partial charge on any atom is -0.481 e. The third-order valence-corrected chi connectivity index (χ3v) is 2.64. The van der Waals surface area contributed by atoms with Crippen molar-refractivity contribution in [3.63, 3.8) is 0 Å². The molecular formula is C12H13N3O2. The zero-order valence-electron chi connectivity index (χ0n) is 9.45. The zero-order chi connectivity index (χ0) is 12.3. The predicted octanol–water partition coefficient (Wildman–Crippen LogP) is 1.85. The normalized spacial score (nSPS) is 12.3. The first-order valence-electron chi connectivity index (χ1n) is 5.43. The molecule has 1 N–H and O–H groups in total. The molecule has 1 unspecified atom stereocenters. The highest BCUT2D eigenvalue weighted by Gasteiger charge is 2.22. The van der Waals surface area contributed by atoms with Gasteiger partial charge in [-0.3, -0.25) is 4.79 Å². The Bertz CT molecular complexity index is 507. The molecule has 2 aromatic rings. The van der Waals surface area contributed by atoms with Crippen molar-refractivity contribution in [2.75, 3.05) is 0 Å². The summed E-state index contributed by atoms with van der Waals surface area (Å²) in [6.07, 6.45) is 2.02. The van der Waals surface area contributed by atoms with Gasteiger partial charge in [0.25, 0.3) is 0 Å². The lowest BCUT2D eigenvalue weighted by molar-refractivity contribution is -0.139. The Labute approximate surface area is 98.7 Å². The average Bonchev–Trinajstić information content (AvgIpc) is 2.80. The molecule has 0 aliphatic rings. The molecule has 5 nitrogen and oxygen atoms in total. The Morgan fingerprint density at radius 1 is 1.41 bits per heavy atom. The molecule has 2 rings (SSSR count). The number of benzene rings is 1. The SMILES string of the molecule is CCC(C(=O)O)c1cnnn1-c1ccccc1. The maximum atomic E-state index is 11.1. The number of para-hydroxylation sites is 1. The Balaban J connectivity index is 2.45. The standard InChI is InChI=1S/C12H13N3O2/c1-2-10(12(16)17)11-8-13-14-15(11)9-6-4-3-5-7-9/h3-8,10H,2H2,1H3,(H,16,17). The lowest BCUT2D eigenvalue weighted by atomic mass is 10.0. The van der Waals surface area contributed by atoms with Crippen LogP contribution >= 0.6 is 0 Å². The van der Waals surface area contributed by atoms with Gasteiger partial charge in [-0.1, -0.05) is 30.3 Å². The quantitative estimate of drug-likeness (QED) is 0.871. The van der Waals surface area contributed by atoms with E-state index in [2.05, 4.69) is 10.3 Å². The fraction of sp³-hybridized carbons (Fsp3) is 0.250. The van der Waals surface area contributed by atoms with E-state index in [1.165, 1.54) is 6.20 Å². The molecule has 0 saturated carbocycles. The van der Waals surface area contributed by atoms with Crippen LogP contribution in [0.15, 0.2) is 36.5 Å². The van der Waals surface area contributed by atoms with Gasteiger partial charge < -0.3 is 5.11 Å². The number of carbonyl (C=O) groups is 1. The molecule has 5 heteroatoms. The third-order valence-electron chi connectivity index (χ3n) is 2.64. The minimum absolute atomic E-state index is 0.509. The summed E-state index contributed by atoms with van der Waals surface area (Å²) in [4.78, 5) is 11.1. The van der Waals surface area contributed by atoms with Crippen LogP contribution in [0.5, 0.6) is 0 Å². The number of carboxylic acids is 1. The van der Waals surface area contributed by atoms with Crippen LogP contribution in [0.2, 0.25) is 0 Å². The topological polar surface area (TPSA) is 68.0 Å². The van der Waals surface area contributed by atoms with Gasteiger partial charge >= 0.3 is 5.97 Å². The summed E-state index contributed by atoms with van der Waals surface area (Å²) in [7, 11) is 0. The first-order valence-corrected chi connectivity index (χ1v) is 5.43. The van der Waals surface area contributed by atoms with Crippen molar-refractivity contribution < 1.29 is 9.90 Å². The number of hydrogen-bond acceptors (Lipinski definition) is 3. The molecule has 1 aromatic carbocycles. The van der Waals surface area contributed by atoms with E-state index in [4.69, 9.17) is 5.11 Å². The Morgan fingerprint density at radius 2 is 2.12 bits per heavy atom. The van der Waals surface area contributed by atoms with Gasteiger partial charge in [0.1, 0.15) is 5.92 Å². The number of aromatic nitrogens is 3. The lowest BCUT2D eigenvalue weighted by Crippen LogP contribution is -2.15. The van der Waals surface area contributed by atoms with Gasteiger partial charge in [0.05, 0.1) is 17.6 Å². The molecule has 88 valence electrons. The van der Waals surface area contributed by atoms with Gasteiger partial charge in [-0.2, -0.15) is 0 Å². The summed E-state index contributed by atoms with van der Waals surface area (Å²) >= 11 is 0. The highest BCUT2D eigenvalue weighted by atomic mass is 16.4. The average molecular weight is 231 g/mol. The van der Waals surface area contributed by atoms with E-state index in [1.54, 1.807) is 4.68 Å². The Hall–Kier alpha value is -2.17. The maximum Gasteiger partial charge on any atom is 0.312 e. The summed E-state index contributed by atoms with van der Waals surface area (Å²) < 4.78 is 1.57. The fourth-order valence-corrected chi connectivity index (χ4v) is 1.76. The largest absolute Gasteiger partial charge is 0.481 e. The van der Waals surface area contributed by atoms with Crippen molar-refractivity contribution in [2.45, 2.75) is 19.3 Å². The van der Waals surface area contributed by atoms with Gasteiger partial charge in [0.2, 0.25) is 0 Å². The Kier molecular flexibility index (Phi) is 3.18. The molecule has 17 heavy (non-hydrogen) atoms. The van der Waals surface area contributed by atoms with Crippen LogP contribution in [-0.2, 0) is 4.79 Å². The molecular weight excluding hydrogens is 218 g/mol. The van der Waals surface area contributed by atoms with Gasteiger partial charge in [0.15, 0.2) is 0 Å². The Morgan fingerprint density at radius 3 is 2.71 bits per heavy atom. The maximum absolute atomic E-state index is 11.1. The van der Waals surface area contributed by atoms with Crippen LogP contribution in [0.4, 0.5) is 0 Å². The molecule has 0 radical (unpaired) electrons. The van der Waals surface area contributed by atoms with Gasteiger partial charge in [-0.15, -0.1) is 5.10 Å². The van der Waals surface area contributed by atoms with E-state index in [0.29, 0.717) is 12.1 Å². The van der Waals surface area contributed by atoms with Gasteiger partial charge in [0, 0.05) is 0 Å². The summed E-state index contributed by atoms with van der Waals surface area (Å²) in [5.74, 6) is -1.43. The molecule has 0 bridgehead atoms. The minimum atomic E-state index is -0.855. The predicted molar refractivity (Wildman–Crippen MR) is 62.0 cm³/mol. The molecule has 1 heterocycles. The van der Waals surface area contributed by atoms with E-state index < -0.39 is 11.9 Å². The van der Waals surface area contributed by atoms with E-state index in [9.17, 15) is 4.79 Å². The van der Waals surface area contributed by atoms with Crippen molar-refractivity contribution in [3.05, 3.63) is 42.2 Å². The van der Waals surface area contributed by atoms with Crippen LogP contribution in [0.3, 0.4) is 0 Å². The van der Waals surface area contributed by atoms with Crippen molar-refractivity contribution in [3.8, 4) is 5.69 Å². The number of nitrogens with zero attached hydrogens (tertiary/aromatic N) is 3. The number of rotatable bonds is 4. The highest BCUT2D eigenvalue weighted by molar-refractivity contribution is 5.75. The molecule has 0 fully saturated rings. The van der Waals surface area contributed by atoms with Crippen LogP contribution in [-0.4, -0.2) is 26.1 Å². The van der Waals surface area contributed by atoms with E-state index in [1.807, 2.05) is 37.3 Å². The smallest absolute Gasteiger partial charge is 0.312 e. The van der Waals surface area contributed by atoms with Gasteiger partial charge in [-0.25, -0.2) is 4.68 Å². The summed E-state index contributed by atoms with van der Waals surface area (Å²) in [5, 5.41) is 16.9. The summed E-state index contributed by atoms with van der Waals surface area (Å²) in [6.45, 7) is 1.83. The molecule has 1 atom stereocenters. The number of aliphatic carboxylic acids is 1. The fourth-order valence-electron chi connectivity index (χ4n) is 1.76. The van der Waals surface area contributed by atoms with Crippen molar-refractivity contribution in [2.24, 2.45) is 0 Å². The second kappa shape index (κ2) is 4.78. The third kappa shape index (κ3) is 2.18. The van der Waals surface area contributed by atoms with Crippen LogP contribution in [0, 0.1) is 0 Å². The highest BCUT2D eigenvalue weighted by Crippen LogP contribution is 2.21. The second-order valence-electron chi connectivity index (χ2n) is 3.71.